The minimum absolute atomic E-state index is 0.108. The van der Waals surface area contributed by atoms with E-state index in [9.17, 15) is 9.59 Å². The maximum atomic E-state index is 13.4. The van der Waals surface area contributed by atoms with Gasteiger partial charge in [-0.25, -0.2) is 4.79 Å². The van der Waals surface area contributed by atoms with Crippen LogP contribution in [0.1, 0.15) is 26.7 Å². The Morgan fingerprint density at radius 1 is 1.16 bits per heavy atom. The Morgan fingerprint density at radius 3 is 2.61 bits per heavy atom. The first-order chi connectivity index (χ1) is 14.9. The Bertz CT molecular complexity index is 849. The summed E-state index contributed by atoms with van der Waals surface area (Å²) in [5, 5.41) is 3.55. The van der Waals surface area contributed by atoms with Gasteiger partial charge < -0.3 is 19.3 Å². The lowest BCUT2D eigenvalue weighted by molar-refractivity contribution is -0.138. The molecule has 3 saturated heterocycles. The number of carbonyl (C=O) groups is 2. The van der Waals surface area contributed by atoms with Crippen LogP contribution in [-0.4, -0.2) is 86.0 Å². The molecule has 0 saturated carbocycles. The van der Waals surface area contributed by atoms with Gasteiger partial charge >= 0.3 is 6.03 Å². The average Bonchev–Trinajstić information content (AvgIpc) is 3.16. The standard InChI is InChI=1S/C22H33N5O4/c1-6-7-10-25-20(28)18-19(24(3)22(25)29)23-21-26(12-14(2)13-27(18)21)16-11-15(30-4)8-9-17(16)31-5/h8-9,11,14,18-19,21,23H,6-7,10,12-13H2,1-5H3. The van der Waals surface area contributed by atoms with Crippen LogP contribution >= 0.6 is 0 Å². The second kappa shape index (κ2) is 8.55. The number of amides is 3. The van der Waals surface area contributed by atoms with Crippen molar-refractivity contribution in [2.45, 2.75) is 45.2 Å². The summed E-state index contributed by atoms with van der Waals surface area (Å²) in [5.74, 6) is 1.70. The van der Waals surface area contributed by atoms with Crippen molar-refractivity contribution in [1.82, 2.24) is 20.0 Å². The second-order valence-electron chi connectivity index (χ2n) is 8.66. The van der Waals surface area contributed by atoms with Crippen LogP contribution in [0, 0.1) is 5.92 Å². The topological polar surface area (TPSA) is 77.6 Å². The number of nitrogens with one attached hydrogen (secondary N) is 1. The Hall–Kier alpha value is -2.52. The normalized spacial score (nSPS) is 28.6. The van der Waals surface area contributed by atoms with Crippen LogP contribution in [0.15, 0.2) is 18.2 Å². The number of imide groups is 1. The fourth-order valence-electron chi connectivity index (χ4n) is 4.95. The van der Waals surface area contributed by atoms with Crippen LogP contribution < -0.4 is 19.7 Å². The number of unbranched alkanes of at least 4 members (excludes halogenated alkanes) is 1. The summed E-state index contributed by atoms with van der Waals surface area (Å²) in [6.07, 6.45) is 1.15. The first-order valence-electron chi connectivity index (χ1n) is 11.0. The zero-order chi connectivity index (χ0) is 22.3. The van der Waals surface area contributed by atoms with Gasteiger partial charge in [-0.2, -0.15) is 0 Å². The lowest BCUT2D eigenvalue weighted by atomic mass is 10.0. The lowest BCUT2D eigenvalue weighted by Crippen LogP contribution is -2.66. The Kier molecular flexibility index (Phi) is 5.98. The summed E-state index contributed by atoms with van der Waals surface area (Å²) >= 11 is 0. The van der Waals surface area contributed by atoms with Gasteiger partial charge in [-0.05, 0) is 24.5 Å². The fourth-order valence-corrected chi connectivity index (χ4v) is 4.95. The third-order valence-corrected chi connectivity index (χ3v) is 6.52. The van der Waals surface area contributed by atoms with E-state index in [1.807, 2.05) is 18.2 Å². The molecule has 0 aliphatic carbocycles. The first kappa shape index (κ1) is 21.7. The van der Waals surface area contributed by atoms with E-state index in [-0.39, 0.29) is 24.4 Å². The molecule has 3 aliphatic heterocycles. The molecule has 4 atom stereocenters. The number of nitrogens with zero attached hydrogens (tertiary/aromatic N) is 4. The monoisotopic (exact) mass is 431 g/mol. The fraction of sp³-hybridized carbons (Fsp3) is 0.636. The highest BCUT2D eigenvalue weighted by Gasteiger charge is 2.56. The van der Waals surface area contributed by atoms with Crippen LogP contribution in [0.4, 0.5) is 10.5 Å². The molecule has 1 aromatic rings. The third-order valence-electron chi connectivity index (χ3n) is 6.52. The summed E-state index contributed by atoms with van der Waals surface area (Å²) in [5.41, 5.74) is 0.902. The van der Waals surface area contributed by atoms with Crippen LogP contribution in [0.3, 0.4) is 0 Å². The molecule has 170 valence electrons. The van der Waals surface area contributed by atoms with Crippen LogP contribution in [-0.2, 0) is 4.79 Å². The zero-order valence-electron chi connectivity index (χ0n) is 19.0. The van der Waals surface area contributed by atoms with Crippen molar-refractivity contribution in [2.24, 2.45) is 5.92 Å². The maximum Gasteiger partial charge on any atom is 0.327 e. The number of hydrogen-bond donors (Lipinski definition) is 1. The molecule has 9 heteroatoms. The molecule has 9 nitrogen and oxygen atoms in total. The minimum atomic E-state index is -0.411. The summed E-state index contributed by atoms with van der Waals surface area (Å²) in [6, 6.07) is 5.09. The van der Waals surface area contributed by atoms with Gasteiger partial charge in [0.15, 0.2) is 0 Å². The third kappa shape index (κ3) is 3.59. The molecule has 3 amide bonds. The molecule has 4 unspecified atom stereocenters. The van der Waals surface area contributed by atoms with Gasteiger partial charge in [-0.3, -0.25) is 19.9 Å². The van der Waals surface area contributed by atoms with Gasteiger partial charge in [0.1, 0.15) is 30.0 Å². The summed E-state index contributed by atoms with van der Waals surface area (Å²) in [6.45, 7) is 6.27. The van der Waals surface area contributed by atoms with Crippen molar-refractivity contribution >= 4 is 17.6 Å². The van der Waals surface area contributed by atoms with Crippen LogP contribution in [0.5, 0.6) is 11.5 Å². The van der Waals surface area contributed by atoms with E-state index < -0.39 is 6.04 Å². The van der Waals surface area contributed by atoms with Gasteiger partial charge in [0, 0.05) is 32.7 Å². The molecule has 0 bridgehead atoms. The molecule has 3 fully saturated rings. The quantitative estimate of drug-likeness (QED) is 0.735. The molecule has 4 rings (SSSR count). The SMILES string of the molecule is CCCCN1C(=O)C2C(NC3N(c4cc(OC)ccc4OC)CC(C)CN23)N(C)C1=O. The molecule has 31 heavy (non-hydrogen) atoms. The Morgan fingerprint density at radius 2 is 1.94 bits per heavy atom. The largest absolute Gasteiger partial charge is 0.497 e. The number of benzene rings is 1. The van der Waals surface area contributed by atoms with Crippen molar-refractivity contribution in [3.63, 3.8) is 0 Å². The Labute approximate surface area is 183 Å². The zero-order valence-corrected chi connectivity index (χ0v) is 19.0. The number of anilines is 1. The molecular formula is C22H33N5O4. The highest BCUT2D eigenvalue weighted by Crippen LogP contribution is 2.39. The van der Waals surface area contributed by atoms with E-state index in [4.69, 9.17) is 9.47 Å². The summed E-state index contributed by atoms with van der Waals surface area (Å²) in [7, 11) is 5.07. The summed E-state index contributed by atoms with van der Waals surface area (Å²) < 4.78 is 11.1. The number of likely N-dealkylation sites (N-methyl/N-ethyl adjacent to an activating group) is 1. The lowest BCUT2D eigenvalue weighted by Gasteiger charge is -2.46. The molecule has 3 heterocycles. The van der Waals surface area contributed by atoms with Gasteiger partial charge in [-0.15, -0.1) is 0 Å². The van der Waals surface area contributed by atoms with Gasteiger partial charge in [0.25, 0.3) is 5.91 Å². The highest BCUT2D eigenvalue weighted by atomic mass is 16.5. The number of ether oxygens (including phenoxy) is 2. The second-order valence-corrected chi connectivity index (χ2v) is 8.66. The van der Waals surface area contributed by atoms with Crippen LogP contribution in [0.25, 0.3) is 0 Å². The van der Waals surface area contributed by atoms with Gasteiger partial charge in [-0.1, -0.05) is 20.3 Å². The van der Waals surface area contributed by atoms with Crippen molar-refractivity contribution in [3.05, 3.63) is 18.2 Å². The first-order valence-corrected chi connectivity index (χ1v) is 11.0. The maximum absolute atomic E-state index is 13.4. The number of fused-ring (bicyclic) bond motifs is 3. The van der Waals surface area contributed by atoms with Crippen molar-refractivity contribution in [1.29, 1.82) is 0 Å². The molecule has 0 radical (unpaired) electrons. The van der Waals surface area contributed by atoms with E-state index in [1.165, 1.54) is 4.90 Å². The van der Waals surface area contributed by atoms with Gasteiger partial charge in [0.05, 0.1) is 19.9 Å². The molecule has 0 spiro atoms. The number of urea groups is 1. The number of rotatable bonds is 6. The molecule has 0 aromatic heterocycles. The van der Waals surface area contributed by atoms with Crippen molar-refractivity contribution < 1.29 is 19.1 Å². The van der Waals surface area contributed by atoms with E-state index in [0.717, 1.165) is 43.1 Å². The van der Waals surface area contributed by atoms with Crippen molar-refractivity contribution in [3.8, 4) is 11.5 Å². The van der Waals surface area contributed by atoms with E-state index in [2.05, 4.69) is 29.0 Å². The van der Waals surface area contributed by atoms with E-state index in [0.29, 0.717) is 12.5 Å². The van der Waals surface area contributed by atoms with Crippen LogP contribution in [0.2, 0.25) is 0 Å². The Balaban J connectivity index is 1.70. The van der Waals surface area contributed by atoms with Gasteiger partial charge in [0.2, 0.25) is 0 Å². The summed E-state index contributed by atoms with van der Waals surface area (Å²) in [4.78, 5) is 33.9. The number of hydrogen-bond acceptors (Lipinski definition) is 7. The number of methoxy groups -OCH3 is 2. The average molecular weight is 432 g/mol. The predicted molar refractivity (Wildman–Crippen MR) is 117 cm³/mol. The van der Waals surface area contributed by atoms with E-state index >= 15 is 0 Å². The number of carbonyl (C=O) groups excluding carboxylic acids is 2. The van der Waals surface area contributed by atoms with E-state index in [1.54, 1.807) is 26.2 Å². The molecule has 3 aliphatic rings. The molecule has 1 aromatic carbocycles. The predicted octanol–water partition coefficient (Wildman–Crippen LogP) is 1.74. The minimum Gasteiger partial charge on any atom is -0.497 e. The smallest absolute Gasteiger partial charge is 0.327 e. The highest BCUT2D eigenvalue weighted by molar-refractivity contribution is 6.00. The molecule has 1 N–H and O–H groups in total. The van der Waals surface area contributed by atoms with Crippen molar-refractivity contribution in [2.75, 3.05) is 45.8 Å². The molecular weight excluding hydrogens is 398 g/mol.